The van der Waals surface area contributed by atoms with Gasteiger partial charge in [-0.3, -0.25) is 0 Å². The third-order valence-corrected chi connectivity index (χ3v) is 4.46. The SMILES string of the molecule is CCC1CCCN(CC(N)(CC)CC)CC1. The highest BCUT2D eigenvalue weighted by Gasteiger charge is 2.25. The van der Waals surface area contributed by atoms with Crippen LogP contribution in [0.1, 0.15) is 59.3 Å². The van der Waals surface area contributed by atoms with Crippen molar-refractivity contribution in [1.82, 2.24) is 4.90 Å². The van der Waals surface area contributed by atoms with Crippen molar-refractivity contribution in [2.24, 2.45) is 11.7 Å². The Morgan fingerprint density at radius 1 is 1.12 bits per heavy atom. The zero-order valence-electron chi connectivity index (χ0n) is 11.5. The van der Waals surface area contributed by atoms with Crippen molar-refractivity contribution in [3.8, 4) is 0 Å². The fourth-order valence-electron chi connectivity index (χ4n) is 2.71. The molecule has 0 bridgehead atoms. The fraction of sp³-hybridized carbons (Fsp3) is 1.00. The summed E-state index contributed by atoms with van der Waals surface area (Å²) in [6.07, 6.45) is 7.70. The molecule has 1 aliphatic heterocycles. The van der Waals surface area contributed by atoms with Crippen LogP contribution >= 0.6 is 0 Å². The van der Waals surface area contributed by atoms with E-state index in [2.05, 4.69) is 25.7 Å². The quantitative estimate of drug-likeness (QED) is 0.781. The summed E-state index contributed by atoms with van der Waals surface area (Å²) >= 11 is 0. The summed E-state index contributed by atoms with van der Waals surface area (Å²) in [5.41, 5.74) is 6.45. The van der Waals surface area contributed by atoms with Gasteiger partial charge in [0.25, 0.3) is 0 Å². The zero-order chi connectivity index (χ0) is 12.0. The van der Waals surface area contributed by atoms with E-state index in [0.29, 0.717) is 0 Å². The van der Waals surface area contributed by atoms with Crippen molar-refractivity contribution in [1.29, 1.82) is 0 Å². The van der Waals surface area contributed by atoms with Gasteiger partial charge in [-0.2, -0.15) is 0 Å². The lowest BCUT2D eigenvalue weighted by molar-refractivity contribution is 0.203. The maximum absolute atomic E-state index is 6.40. The van der Waals surface area contributed by atoms with Crippen molar-refractivity contribution in [3.05, 3.63) is 0 Å². The molecule has 0 aromatic heterocycles. The number of nitrogens with zero attached hydrogens (tertiary/aromatic N) is 1. The van der Waals surface area contributed by atoms with Crippen LogP contribution in [0.3, 0.4) is 0 Å². The number of likely N-dealkylation sites (tertiary alicyclic amines) is 1. The summed E-state index contributed by atoms with van der Waals surface area (Å²) in [7, 11) is 0. The molecule has 1 unspecified atom stereocenters. The number of hydrogen-bond donors (Lipinski definition) is 1. The summed E-state index contributed by atoms with van der Waals surface area (Å²) in [5.74, 6) is 0.959. The predicted molar refractivity (Wildman–Crippen MR) is 71.6 cm³/mol. The first-order chi connectivity index (χ1) is 7.63. The molecule has 0 radical (unpaired) electrons. The molecule has 96 valence electrons. The Balaban J connectivity index is 2.42. The molecule has 2 heteroatoms. The normalized spacial score (nSPS) is 24.4. The fourth-order valence-corrected chi connectivity index (χ4v) is 2.71. The molecule has 0 aromatic rings. The van der Waals surface area contributed by atoms with Crippen LogP contribution in [0.25, 0.3) is 0 Å². The Hall–Kier alpha value is -0.0800. The number of rotatable bonds is 5. The molecule has 1 fully saturated rings. The van der Waals surface area contributed by atoms with Crippen LogP contribution in [0, 0.1) is 5.92 Å². The van der Waals surface area contributed by atoms with Crippen LogP contribution in [-0.2, 0) is 0 Å². The first-order valence-electron chi connectivity index (χ1n) is 7.14. The molecule has 0 aromatic carbocycles. The summed E-state index contributed by atoms with van der Waals surface area (Å²) in [6.45, 7) is 10.4. The lowest BCUT2D eigenvalue weighted by atomic mass is 9.93. The number of hydrogen-bond acceptors (Lipinski definition) is 2. The van der Waals surface area contributed by atoms with E-state index < -0.39 is 0 Å². The molecular formula is C14H30N2. The number of nitrogens with two attached hydrogens (primary N) is 1. The molecule has 16 heavy (non-hydrogen) atoms. The minimum Gasteiger partial charge on any atom is -0.324 e. The first-order valence-corrected chi connectivity index (χ1v) is 7.14. The van der Waals surface area contributed by atoms with Gasteiger partial charge in [0.05, 0.1) is 0 Å². The van der Waals surface area contributed by atoms with Crippen molar-refractivity contribution < 1.29 is 0 Å². The highest BCUT2D eigenvalue weighted by Crippen LogP contribution is 2.22. The van der Waals surface area contributed by atoms with E-state index in [1.165, 1.54) is 38.8 Å². The first kappa shape index (κ1) is 14.0. The van der Waals surface area contributed by atoms with Gasteiger partial charge in [0, 0.05) is 12.1 Å². The molecule has 2 N–H and O–H groups in total. The van der Waals surface area contributed by atoms with E-state index in [9.17, 15) is 0 Å². The van der Waals surface area contributed by atoms with Crippen LogP contribution in [0.2, 0.25) is 0 Å². The van der Waals surface area contributed by atoms with Gasteiger partial charge in [0.1, 0.15) is 0 Å². The van der Waals surface area contributed by atoms with E-state index in [4.69, 9.17) is 5.73 Å². The van der Waals surface area contributed by atoms with Gasteiger partial charge >= 0.3 is 0 Å². The Bertz CT molecular complexity index is 187. The molecule has 0 aliphatic carbocycles. The third kappa shape index (κ3) is 4.06. The predicted octanol–water partition coefficient (Wildman–Crippen LogP) is 3.02. The Labute approximate surface area is 102 Å². The average molecular weight is 226 g/mol. The Morgan fingerprint density at radius 3 is 2.38 bits per heavy atom. The van der Waals surface area contributed by atoms with Crippen LogP contribution in [0.5, 0.6) is 0 Å². The second-order valence-electron chi connectivity index (χ2n) is 5.55. The maximum atomic E-state index is 6.40. The molecule has 2 nitrogen and oxygen atoms in total. The average Bonchev–Trinajstić information content (AvgIpc) is 2.54. The van der Waals surface area contributed by atoms with Gasteiger partial charge < -0.3 is 10.6 Å². The van der Waals surface area contributed by atoms with E-state index >= 15 is 0 Å². The molecule has 0 amide bonds. The third-order valence-electron chi connectivity index (χ3n) is 4.46. The van der Waals surface area contributed by atoms with Gasteiger partial charge in [-0.1, -0.05) is 27.2 Å². The van der Waals surface area contributed by atoms with E-state index in [-0.39, 0.29) is 5.54 Å². The van der Waals surface area contributed by atoms with E-state index in [0.717, 1.165) is 25.3 Å². The summed E-state index contributed by atoms with van der Waals surface area (Å²) in [6, 6.07) is 0. The van der Waals surface area contributed by atoms with Crippen molar-refractivity contribution >= 4 is 0 Å². The van der Waals surface area contributed by atoms with E-state index in [1.807, 2.05) is 0 Å². The highest BCUT2D eigenvalue weighted by molar-refractivity contribution is 4.85. The molecular weight excluding hydrogens is 196 g/mol. The van der Waals surface area contributed by atoms with Crippen LogP contribution < -0.4 is 5.73 Å². The van der Waals surface area contributed by atoms with Crippen LogP contribution in [0.15, 0.2) is 0 Å². The van der Waals surface area contributed by atoms with Crippen LogP contribution in [-0.4, -0.2) is 30.1 Å². The smallest absolute Gasteiger partial charge is 0.0278 e. The minimum absolute atomic E-state index is 0.0477. The molecule has 1 rings (SSSR count). The van der Waals surface area contributed by atoms with Gasteiger partial charge in [-0.05, 0) is 51.1 Å². The molecule has 0 saturated carbocycles. The molecule has 1 atom stereocenters. The molecule has 1 saturated heterocycles. The van der Waals surface area contributed by atoms with Crippen molar-refractivity contribution in [2.75, 3.05) is 19.6 Å². The highest BCUT2D eigenvalue weighted by atomic mass is 15.1. The lowest BCUT2D eigenvalue weighted by Gasteiger charge is -2.33. The monoisotopic (exact) mass is 226 g/mol. The molecule has 1 aliphatic rings. The van der Waals surface area contributed by atoms with Gasteiger partial charge in [-0.25, -0.2) is 0 Å². The standard InChI is InChI=1S/C14H30N2/c1-4-13-8-7-10-16(11-9-13)12-14(15,5-2)6-3/h13H,4-12,15H2,1-3H3. The minimum atomic E-state index is 0.0477. The van der Waals surface area contributed by atoms with E-state index in [1.54, 1.807) is 0 Å². The summed E-state index contributed by atoms with van der Waals surface area (Å²) in [5, 5.41) is 0. The zero-order valence-corrected chi connectivity index (χ0v) is 11.5. The van der Waals surface area contributed by atoms with Gasteiger partial charge in [0.2, 0.25) is 0 Å². The maximum Gasteiger partial charge on any atom is 0.0278 e. The summed E-state index contributed by atoms with van der Waals surface area (Å²) < 4.78 is 0. The van der Waals surface area contributed by atoms with Crippen molar-refractivity contribution in [2.45, 2.75) is 64.8 Å². The van der Waals surface area contributed by atoms with Gasteiger partial charge in [0.15, 0.2) is 0 Å². The lowest BCUT2D eigenvalue weighted by Crippen LogP contribution is -2.49. The second kappa shape index (κ2) is 6.61. The molecule has 1 heterocycles. The van der Waals surface area contributed by atoms with Gasteiger partial charge in [-0.15, -0.1) is 0 Å². The molecule has 0 spiro atoms. The Morgan fingerprint density at radius 2 is 1.81 bits per heavy atom. The Kier molecular flexibility index (Phi) is 5.77. The van der Waals surface area contributed by atoms with Crippen LogP contribution in [0.4, 0.5) is 0 Å². The topological polar surface area (TPSA) is 29.3 Å². The van der Waals surface area contributed by atoms with Crippen molar-refractivity contribution in [3.63, 3.8) is 0 Å². The second-order valence-corrected chi connectivity index (χ2v) is 5.55. The largest absolute Gasteiger partial charge is 0.324 e. The summed E-state index contributed by atoms with van der Waals surface area (Å²) in [4.78, 5) is 2.60.